The van der Waals surface area contributed by atoms with Crippen molar-refractivity contribution < 1.29 is 14.6 Å². The first-order valence-corrected chi connectivity index (χ1v) is 9.48. The fourth-order valence-corrected chi connectivity index (χ4v) is 4.27. The standard InChI is InChI=1S/C18H25NO3S/c20-10-11-23-16-6-4-14(5-7-16)17(21)19-15-12-18(22-13-15)8-2-1-3-9-18/h4-7,15,20H,1-3,8-13H2,(H,19,21)/t15-/m0/s1. The summed E-state index contributed by atoms with van der Waals surface area (Å²) in [4.78, 5) is 13.5. The number of carbonyl (C=O) groups is 1. The maximum atomic E-state index is 12.4. The molecular formula is C18H25NO3S. The van der Waals surface area contributed by atoms with Gasteiger partial charge in [0.2, 0.25) is 0 Å². The minimum atomic E-state index is -0.0230. The average molecular weight is 335 g/mol. The zero-order chi connectivity index (χ0) is 16.1. The summed E-state index contributed by atoms with van der Waals surface area (Å²) >= 11 is 1.59. The molecule has 0 radical (unpaired) electrons. The molecule has 1 saturated carbocycles. The number of carbonyl (C=O) groups excluding carboxylic acids is 1. The maximum Gasteiger partial charge on any atom is 0.251 e. The second kappa shape index (κ2) is 7.69. The van der Waals surface area contributed by atoms with Gasteiger partial charge in [0.15, 0.2) is 0 Å². The van der Waals surface area contributed by atoms with E-state index in [4.69, 9.17) is 9.84 Å². The molecule has 5 heteroatoms. The molecule has 4 nitrogen and oxygen atoms in total. The van der Waals surface area contributed by atoms with Crippen molar-refractivity contribution in [1.29, 1.82) is 0 Å². The number of hydrogen-bond donors (Lipinski definition) is 2. The molecule has 1 aromatic rings. The van der Waals surface area contributed by atoms with Crippen molar-refractivity contribution in [2.75, 3.05) is 19.0 Å². The van der Waals surface area contributed by atoms with Gasteiger partial charge >= 0.3 is 0 Å². The molecule has 1 atom stereocenters. The van der Waals surface area contributed by atoms with Gasteiger partial charge in [-0.05, 0) is 43.5 Å². The van der Waals surface area contributed by atoms with Crippen LogP contribution < -0.4 is 5.32 Å². The van der Waals surface area contributed by atoms with Crippen LogP contribution in [0.25, 0.3) is 0 Å². The van der Waals surface area contributed by atoms with E-state index < -0.39 is 0 Å². The third-order valence-electron chi connectivity index (χ3n) is 4.79. The molecule has 1 spiro atoms. The Hall–Kier alpha value is -1.04. The zero-order valence-electron chi connectivity index (χ0n) is 13.4. The van der Waals surface area contributed by atoms with Gasteiger partial charge in [0.1, 0.15) is 0 Å². The Morgan fingerprint density at radius 2 is 2.00 bits per heavy atom. The summed E-state index contributed by atoms with van der Waals surface area (Å²) in [6, 6.07) is 7.69. The van der Waals surface area contributed by atoms with Crippen LogP contribution in [0.4, 0.5) is 0 Å². The van der Waals surface area contributed by atoms with Crippen LogP contribution in [0, 0.1) is 0 Å². The zero-order valence-corrected chi connectivity index (χ0v) is 14.2. The number of nitrogens with one attached hydrogen (secondary N) is 1. The van der Waals surface area contributed by atoms with Gasteiger partial charge in [-0.25, -0.2) is 0 Å². The van der Waals surface area contributed by atoms with E-state index in [1.165, 1.54) is 19.3 Å². The Kier molecular flexibility index (Phi) is 5.62. The summed E-state index contributed by atoms with van der Waals surface area (Å²) < 4.78 is 6.05. The van der Waals surface area contributed by atoms with Crippen LogP contribution in [0.1, 0.15) is 48.9 Å². The summed E-state index contributed by atoms with van der Waals surface area (Å²) in [5, 5.41) is 12.0. The molecule has 0 aromatic heterocycles. The minimum Gasteiger partial charge on any atom is -0.396 e. The van der Waals surface area contributed by atoms with E-state index in [-0.39, 0.29) is 24.2 Å². The summed E-state index contributed by atoms with van der Waals surface area (Å²) in [6.45, 7) is 0.798. The summed E-state index contributed by atoms with van der Waals surface area (Å²) in [7, 11) is 0. The van der Waals surface area contributed by atoms with E-state index in [2.05, 4.69) is 5.32 Å². The van der Waals surface area contributed by atoms with Gasteiger partial charge in [-0.15, -0.1) is 11.8 Å². The minimum absolute atomic E-state index is 0.0230. The third-order valence-corrected chi connectivity index (χ3v) is 5.78. The van der Waals surface area contributed by atoms with Crippen LogP contribution >= 0.6 is 11.8 Å². The Labute approximate surface area is 142 Å². The van der Waals surface area contributed by atoms with Crippen LogP contribution in [0.2, 0.25) is 0 Å². The van der Waals surface area contributed by atoms with E-state index in [9.17, 15) is 4.79 Å². The number of thioether (sulfide) groups is 1. The predicted octanol–water partition coefficient (Wildman–Crippen LogP) is 2.99. The molecule has 2 fully saturated rings. The van der Waals surface area contributed by atoms with Crippen LogP contribution in [0.3, 0.4) is 0 Å². The quantitative estimate of drug-likeness (QED) is 0.812. The number of aliphatic hydroxyl groups excluding tert-OH is 1. The monoisotopic (exact) mass is 335 g/mol. The molecule has 2 aliphatic rings. The first-order valence-electron chi connectivity index (χ1n) is 8.49. The van der Waals surface area contributed by atoms with Gasteiger partial charge in [0.25, 0.3) is 5.91 Å². The van der Waals surface area contributed by atoms with Crippen molar-refractivity contribution in [2.24, 2.45) is 0 Å². The lowest BCUT2D eigenvalue weighted by Crippen LogP contribution is -2.37. The van der Waals surface area contributed by atoms with Crippen molar-refractivity contribution in [3.8, 4) is 0 Å². The van der Waals surface area contributed by atoms with Crippen molar-refractivity contribution in [3.63, 3.8) is 0 Å². The Morgan fingerprint density at radius 1 is 1.26 bits per heavy atom. The number of amides is 1. The lowest BCUT2D eigenvalue weighted by molar-refractivity contribution is -0.0246. The molecule has 0 unspecified atom stereocenters. The normalized spacial score (nSPS) is 23.1. The maximum absolute atomic E-state index is 12.4. The smallest absolute Gasteiger partial charge is 0.251 e. The van der Waals surface area contributed by atoms with Crippen molar-refractivity contribution >= 4 is 17.7 Å². The highest BCUT2D eigenvalue weighted by Crippen LogP contribution is 2.39. The molecule has 0 bridgehead atoms. The highest BCUT2D eigenvalue weighted by Gasteiger charge is 2.41. The lowest BCUT2D eigenvalue weighted by Gasteiger charge is -2.32. The first-order chi connectivity index (χ1) is 11.2. The van der Waals surface area contributed by atoms with Crippen molar-refractivity contribution in [3.05, 3.63) is 29.8 Å². The van der Waals surface area contributed by atoms with Gasteiger partial charge in [-0.1, -0.05) is 19.3 Å². The predicted molar refractivity (Wildman–Crippen MR) is 91.9 cm³/mol. The lowest BCUT2D eigenvalue weighted by atomic mass is 9.82. The van der Waals surface area contributed by atoms with E-state index in [1.54, 1.807) is 11.8 Å². The molecule has 126 valence electrons. The van der Waals surface area contributed by atoms with Crippen LogP contribution in [0.5, 0.6) is 0 Å². The number of benzene rings is 1. The van der Waals surface area contributed by atoms with Crippen molar-refractivity contribution in [2.45, 2.75) is 55.1 Å². The molecule has 1 aliphatic carbocycles. The fourth-order valence-electron chi connectivity index (χ4n) is 3.62. The topological polar surface area (TPSA) is 58.6 Å². The second-order valence-corrected chi connectivity index (χ2v) is 7.69. The van der Waals surface area contributed by atoms with E-state index in [0.29, 0.717) is 17.9 Å². The van der Waals surface area contributed by atoms with Crippen LogP contribution in [-0.4, -0.2) is 41.6 Å². The molecule has 2 N–H and O–H groups in total. The summed E-state index contributed by atoms with van der Waals surface area (Å²) in [6.07, 6.45) is 7.01. The Balaban J connectivity index is 1.53. The molecule has 1 saturated heterocycles. The van der Waals surface area contributed by atoms with Gasteiger partial charge in [-0.2, -0.15) is 0 Å². The SMILES string of the molecule is O=C(N[C@@H]1COC2(CCCCC2)C1)c1ccc(SCCO)cc1. The highest BCUT2D eigenvalue weighted by molar-refractivity contribution is 7.99. The second-order valence-electron chi connectivity index (χ2n) is 6.53. The molecule has 1 amide bonds. The number of rotatable bonds is 5. The fraction of sp³-hybridized carbons (Fsp3) is 0.611. The first kappa shape index (κ1) is 16.8. The van der Waals surface area contributed by atoms with Gasteiger partial charge in [0.05, 0.1) is 24.9 Å². The average Bonchev–Trinajstić information content (AvgIpc) is 2.96. The van der Waals surface area contributed by atoms with Crippen LogP contribution in [0.15, 0.2) is 29.2 Å². The molecule has 1 aromatic carbocycles. The molecule has 23 heavy (non-hydrogen) atoms. The molecule has 1 heterocycles. The largest absolute Gasteiger partial charge is 0.396 e. The van der Waals surface area contributed by atoms with Crippen LogP contribution in [-0.2, 0) is 4.74 Å². The highest BCUT2D eigenvalue weighted by atomic mass is 32.2. The Bertz CT molecular complexity index is 526. The van der Waals surface area contributed by atoms with Gasteiger partial charge < -0.3 is 15.2 Å². The van der Waals surface area contributed by atoms with E-state index in [0.717, 1.165) is 24.2 Å². The molecule has 3 rings (SSSR count). The van der Waals surface area contributed by atoms with Gasteiger partial charge in [0, 0.05) is 16.2 Å². The number of aliphatic hydroxyl groups is 1. The molecule has 1 aliphatic heterocycles. The van der Waals surface area contributed by atoms with E-state index in [1.807, 2.05) is 24.3 Å². The summed E-state index contributed by atoms with van der Waals surface area (Å²) in [5.74, 6) is 0.651. The number of hydrogen-bond acceptors (Lipinski definition) is 4. The number of ether oxygens (including phenoxy) is 1. The summed E-state index contributed by atoms with van der Waals surface area (Å²) in [5.41, 5.74) is 0.712. The Morgan fingerprint density at radius 3 is 2.70 bits per heavy atom. The van der Waals surface area contributed by atoms with E-state index >= 15 is 0 Å². The third kappa shape index (κ3) is 4.28. The molecular weight excluding hydrogens is 310 g/mol. The van der Waals surface area contributed by atoms with Crippen molar-refractivity contribution in [1.82, 2.24) is 5.32 Å². The van der Waals surface area contributed by atoms with Gasteiger partial charge in [-0.3, -0.25) is 4.79 Å².